The summed E-state index contributed by atoms with van der Waals surface area (Å²) < 4.78 is 7.64. The predicted octanol–water partition coefficient (Wildman–Crippen LogP) is 0.505. The third kappa shape index (κ3) is 3.84. The Morgan fingerprint density at radius 1 is 1.50 bits per heavy atom. The molecule has 0 spiro atoms. The van der Waals surface area contributed by atoms with Crippen LogP contribution in [0.4, 0.5) is 0 Å². The number of esters is 1. The molecule has 0 aromatic carbocycles. The van der Waals surface area contributed by atoms with E-state index in [-0.39, 0.29) is 47.8 Å². The van der Waals surface area contributed by atoms with Crippen LogP contribution in [0.15, 0.2) is 7.75 Å². The molecule has 0 fully saturated rings. The summed E-state index contributed by atoms with van der Waals surface area (Å²) >= 11 is -0.312. The third-order valence-corrected chi connectivity index (χ3v) is 5.69. The zero-order valence-electron chi connectivity index (χ0n) is 6.21. The van der Waals surface area contributed by atoms with Crippen LogP contribution < -0.4 is 0 Å². The molecule has 0 saturated carbocycles. The Balaban J connectivity index is 4.06. The van der Waals surface area contributed by atoms with Crippen LogP contribution in [0.3, 0.4) is 0 Å². The number of hydrogen-bond acceptors (Lipinski definition) is 2. The summed E-state index contributed by atoms with van der Waals surface area (Å²) in [5.41, 5.74) is 0. The van der Waals surface area contributed by atoms with Crippen molar-refractivity contribution < 1.29 is 9.53 Å². The number of carbonyl (C=O) groups excluding carboxylic acids is 1. The molecule has 10 heavy (non-hydrogen) atoms. The van der Waals surface area contributed by atoms with Crippen molar-refractivity contribution >= 4 is 47.8 Å². The van der Waals surface area contributed by atoms with Gasteiger partial charge in [-0.3, -0.25) is 0 Å². The summed E-state index contributed by atoms with van der Waals surface area (Å²) in [5, 5.41) is 0. The standard InChI is InChI=1S/C6H10O2Te2/c1-8-6(7)5(10-3)4-9-2/h4H,1-3H3/b5-4-. The van der Waals surface area contributed by atoms with E-state index in [0.29, 0.717) is 0 Å². The van der Waals surface area contributed by atoms with Crippen LogP contribution in [0, 0.1) is 0 Å². The monoisotopic (exact) mass is 374 g/mol. The van der Waals surface area contributed by atoms with Crippen LogP contribution in [0.1, 0.15) is 0 Å². The predicted molar refractivity (Wildman–Crippen MR) is 43.3 cm³/mol. The quantitative estimate of drug-likeness (QED) is 0.412. The van der Waals surface area contributed by atoms with Gasteiger partial charge in [0.1, 0.15) is 0 Å². The van der Waals surface area contributed by atoms with Gasteiger partial charge >= 0.3 is 82.1 Å². The number of rotatable bonds is 3. The second kappa shape index (κ2) is 6.50. The van der Waals surface area contributed by atoms with Gasteiger partial charge in [0.15, 0.2) is 0 Å². The zero-order valence-corrected chi connectivity index (χ0v) is 10.9. The van der Waals surface area contributed by atoms with E-state index in [0.717, 1.165) is 3.62 Å². The van der Waals surface area contributed by atoms with Crippen LogP contribution >= 0.6 is 0 Å². The maximum atomic E-state index is 10.9. The summed E-state index contributed by atoms with van der Waals surface area (Å²) in [6.07, 6.45) is 0. The Morgan fingerprint density at radius 3 is 2.40 bits per heavy atom. The average molecular weight is 369 g/mol. The van der Waals surface area contributed by atoms with E-state index in [1.165, 1.54) is 7.11 Å². The summed E-state index contributed by atoms with van der Waals surface area (Å²) in [6, 6.07) is 0. The van der Waals surface area contributed by atoms with E-state index in [4.69, 9.17) is 0 Å². The molecule has 58 valence electrons. The van der Waals surface area contributed by atoms with Crippen molar-refractivity contribution in [3.05, 3.63) is 7.75 Å². The van der Waals surface area contributed by atoms with Gasteiger partial charge in [-0.05, 0) is 0 Å². The first kappa shape index (κ1) is 10.8. The van der Waals surface area contributed by atoms with Crippen LogP contribution in [-0.4, -0.2) is 54.9 Å². The summed E-state index contributed by atoms with van der Waals surface area (Å²) in [4.78, 5) is 15.1. The van der Waals surface area contributed by atoms with E-state index in [2.05, 4.69) is 18.8 Å². The van der Waals surface area contributed by atoms with Gasteiger partial charge in [0.05, 0.1) is 0 Å². The summed E-state index contributed by atoms with van der Waals surface area (Å²) in [7, 11) is 1.44. The Morgan fingerprint density at radius 2 is 2.10 bits per heavy atom. The van der Waals surface area contributed by atoms with Crippen molar-refractivity contribution in [2.75, 3.05) is 7.11 Å². The molecule has 0 aliphatic heterocycles. The molecule has 0 N–H and O–H groups in total. The van der Waals surface area contributed by atoms with Crippen molar-refractivity contribution in [2.24, 2.45) is 0 Å². The fourth-order valence-corrected chi connectivity index (χ4v) is 5.95. The van der Waals surface area contributed by atoms with Crippen molar-refractivity contribution in [3.63, 3.8) is 0 Å². The van der Waals surface area contributed by atoms with E-state index >= 15 is 0 Å². The molecule has 0 heterocycles. The fraction of sp³-hybridized carbons (Fsp3) is 0.500. The van der Waals surface area contributed by atoms with Crippen LogP contribution in [0.2, 0.25) is 9.94 Å². The van der Waals surface area contributed by atoms with Gasteiger partial charge in [-0.25, -0.2) is 0 Å². The Bertz CT molecular complexity index is 143. The molecule has 4 heteroatoms. The van der Waals surface area contributed by atoms with Gasteiger partial charge < -0.3 is 0 Å². The Labute approximate surface area is 81.6 Å². The molecule has 0 bridgehead atoms. The van der Waals surface area contributed by atoms with Crippen LogP contribution in [0.25, 0.3) is 0 Å². The van der Waals surface area contributed by atoms with Crippen LogP contribution in [0.5, 0.6) is 0 Å². The second-order valence-corrected chi connectivity index (χ2v) is 5.85. The molecule has 0 aliphatic rings. The molecule has 0 aromatic rings. The Hall–Kier alpha value is 0.789. The van der Waals surface area contributed by atoms with E-state index < -0.39 is 0 Å². The van der Waals surface area contributed by atoms with E-state index in [9.17, 15) is 4.79 Å². The number of ether oxygens (including phenoxy) is 1. The maximum absolute atomic E-state index is 10.9. The van der Waals surface area contributed by atoms with Gasteiger partial charge in [-0.2, -0.15) is 0 Å². The van der Waals surface area contributed by atoms with Crippen molar-refractivity contribution in [1.82, 2.24) is 0 Å². The zero-order chi connectivity index (χ0) is 7.98. The van der Waals surface area contributed by atoms with Gasteiger partial charge in [-0.15, -0.1) is 0 Å². The van der Waals surface area contributed by atoms with Crippen molar-refractivity contribution in [2.45, 2.75) is 9.94 Å². The van der Waals surface area contributed by atoms with Gasteiger partial charge in [0.25, 0.3) is 0 Å². The van der Waals surface area contributed by atoms with E-state index in [1.54, 1.807) is 0 Å². The number of methoxy groups -OCH3 is 1. The molecule has 0 aliphatic carbocycles. The minimum absolute atomic E-state index is 0.0599. The van der Waals surface area contributed by atoms with E-state index in [1.807, 2.05) is 0 Å². The molecule has 0 rings (SSSR count). The molecule has 0 saturated heterocycles. The van der Waals surface area contributed by atoms with Crippen molar-refractivity contribution in [1.29, 1.82) is 0 Å². The van der Waals surface area contributed by atoms with Crippen LogP contribution in [-0.2, 0) is 9.53 Å². The molecule has 0 aromatic heterocycles. The number of hydrogen-bond donors (Lipinski definition) is 0. The first-order valence-electron chi connectivity index (χ1n) is 2.61. The molecular formula is C6H10O2Te2. The first-order valence-corrected chi connectivity index (χ1v) is 9.78. The van der Waals surface area contributed by atoms with Crippen molar-refractivity contribution in [3.8, 4) is 0 Å². The fourth-order valence-electron chi connectivity index (χ4n) is 0.387. The first-order chi connectivity index (χ1) is 4.76. The third-order valence-electron chi connectivity index (χ3n) is 0.831. The summed E-state index contributed by atoms with van der Waals surface area (Å²) in [6.45, 7) is 0. The SMILES string of the molecule is COC(=O)/C(=C/[Te]C)[Te]C. The molecule has 0 radical (unpaired) electrons. The molecular weight excluding hydrogens is 359 g/mol. The van der Waals surface area contributed by atoms with Gasteiger partial charge in [-0.1, -0.05) is 0 Å². The second-order valence-electron chi connectivity index (χ2n) is 1.41. The minimum atomic E-state index is -0.252. The van der Waals surface area contributed by atoms with Gasteiger partial charge in [0.2, 0.25) is 0 Å². The van der Waals surface area contributed by atoms with Gasteiger partial charge in [0, 0.05) is 0 Å². The average Bonchev–Trinajstić information content (AvgIpc) is 1.99. The molecule has 0 unspecified atom stereocenters. The summed E-state index contributed by atoms with van der Waals surface area (Å²) in [5.74, 6) is -0.114. The Kier molecular flexibility index (Phi) is 7.01. The molecule has 0 atom stereocenters. The normalized spacial score (nSPS) is 11.3. The number of carbonyl (C=O) groups is 1. The molecule has 0 amide bonds. The topological polar surface area (TPSA) is 26.3 Å². The molecule has 2 nitrogen and oxygen atoms in total.